The highest BCUT2D eigenvalue weighted by molar-refractivity contribution is 6.07. The van der Waals surface area contributed by atoms with Crippen molar-refractivity contribution in [2.75, 3.05) is 16.8 Å². The Kier molecular flexibility index (Phi) is 4.54. The number of para-hydroxylation sites is 2. The van der Waals surface area contributed by atoms with Gasteiger partial charge in [-0.25, -0.2) is 4.98 Å². The van der Waals surface area contributed by atoms with Crippen LogP contribution in [0.4, 0.5) is 17.2 Å². The molecule has 5 heteroatoms. The first-order valence-electron chi connectivity index (χ1n) is 8.88. The first kappa shape index (κ1) is 16.8. The van der Waals surface area contributed by atoms with Gasteiger partial charge in [0.2, 0.25) is 0 Å². The first-order valence-corrected chi connectivity index (χ1v) is 8.88. The maximum Gasteiger partial charge on any atom is 0.258 e. The Morgan fingerprint density at radius 2 is 1.93 bits per heavy atom. The Labute approximate surface area is 157 Å². The van der Waals surface area contributed by atoms with Gasteiger partial charge in [0.05, 0.1) is 11.3 Å². The minimum absolute atomic E-state index is 0.0406. The molecule has 0 unspecified atom stereocenters. The molecule has 2 aromatic carbocycles. The largest absolute Gasteiger partial charge is 0.339 e. The Morgan fingerprint density at radius 3 is 2.81 bits per heavy atom. The molecule has 0 atom stereocenters. The van der Waals surface area contributed by atoms with Gasteiger partial charge in [-0.2, -0.15) is 5.26 Å². The zero-order valence-electron chi connectivity index (χ0n) is 14.7. The second kappa shape index (κ2) is 7.30. The van der Waals surface area contributed by atoms with E-state index in [0.29, 0.717) is 29.2 Å². The number of nitrogens with zero attached hydrogens (tertiary/aromatic N) is 3. The summed E-state index contributed by atoms with van der Waals surface area (Å²) < 4.78 is 0. The molecule has 1 aromatic heterocycles. The van der Waals surface area contributed by atoms with E-state index < -0.39 is 0 Å². The molecule has 0 fully saturated rings. The molecule has 132 valence electrons. The van der Waals surface area contributed by atoms with Crippen LogP contribution in [0.3, 0.4) is 0 Å². The van der Waals surface area contributed by atoms with Gasteiger partial charge in [-0.1, -0.05) is 30.3 Å². The predicted octanol–water partition coefficient (Wildman–Crippen LogP) is 4.29. The van der Waals surface area contributed by atoms with Crippen LogP contribution in [0, 0.1) is 11.3 Å². The van der Waals surface area contributed by atoms with Crippen LogP contribution in [0.15, 0.2) is 66.9 Å². The van der Waals surface area contributed by atoms with Gasteiger partial charge < -0.3 is 10.2 Å². The van der Waals surface area contributed by atoms with Crippen LogP contribution in [0.2, 0.25) is 0 Å². The van der Waals surface area contributed by atoms with E-state index in [-0.39, 0.29) is 5.91 Å². The summed E-state index contributed by atoms with van der Waals surface area (Å²) in [6, 6.07) is 20.9. The van der Waals surface area contributed by atoms with E-state index in [1.807, 2.05) is 41.3 Å². The third-order valence-corrected chi connectivity index (χ3v) is 4.67. The van der Waals surface area contributed by atoms with Crippen molar-refractivity contribution in [1.29, 1.82) is 5.26 Å². The van der Waals surface area contributed by atoms with Gasteiger partial charge in [0.25, 0.3) is 5.91 Å². The molecule has 4 rings (SSSR count). The van der Waals surface area contributed by atoms with Crippen LogP contribution in [0.1, 0.15) is 27.9 Å². The van der Waals surface area contributed by atoms with E-state index in [2.05, 4.69) is 22.4 Å². The topological polar surface area (TPSA) is 69.0 Å². The lowest BCUT2D eigenvalue weighted by Gasteiger charge is -2.29. The fraction of sp³-hybridized carbons (Fsp3) is 0.136. The maximum absolute atomic E-state index is 13.1. The molecule has 0 saturated heterocycles. The van der Waals surface area contributed by atoms with Gasteiger partial charge in [0.1, 0.15) is 11.9 Å². The lowest BCUT2D eigenvalue weighted by Crippen LogP contribution is -2.35. The number of benzene rings is 2. The van der Waals surface area contributed by atoms with E-state index >= 15 is 0 Å². The molecular weight excluding hydrogens is 336 g/mol. The molecule has 0 radical (unpaired) electrons. The smallest absolute Gasteiger partial charge is 0.258 e. The van der Waals surface area contributed by atoms with Gasteiger partial charge >= 0.3 is 0 Å². The number of hydrogen-bond acceptors (Lipinski definition) is 4. The first-order chi connectivity index (χ1) is 13.3. The Balaban J connectivity index is 1.62. The summed E-state index contributed by atoms with van der Waals surface area (Å²) in [5, 5.41) is 12.4. The summed E-state index contributed by atoms with van der Waals surface area (Å²) in [7, 11) is 0. The molecular formula is C22H18N4O. The maximum atomic E-state index is 13.1. The minimum Gasteiger partial charge on any atom is -0.339 e. The average Bonchev–Trinajstić information content (AvgIpc) is 2.73. The van der Waals surface area contributed by atoms with Crippen molar-refractivity contribution >= 4 is 23.1 Å². The summed E-state index contributed by atoms with van der Waals surface area (Å²) in [6.45, 7) is 0.707. The van der Waals surface area contributed by atoms with Gasteiger partial charge in [-0.3, -0.25) is 4.79 Å². The number of carbonyl (C=O) groups is 1. The number of anilines is 3. The van der Waals surface area contributed by atoms with Crippen molar-refractivity contribution < 1.29 is 4.79 Å². The molecule has 1 aliphatic heterocycles. The number of nitriles is 1. The fourth-order valence-electron chi connectivity index (χ4n) is 3.36. The number of amides is 1. The van der Waals surface area contributed by atoms with Gasteiger partial charge in [-0.15, -0.1) is 0 Å². The van der Waals surface area contributed by atoms with Crippen molar-refractivity contribution in [1.82, 2.24) is 4.98 Å². The Bertz CT molecular complexity index is 1040. The number of aromatic nitrogens is 1. The zero-order valence-corrected chi connectivity index (χ0v) is 14.7. The van der Waals surface area contributed by atoms with Gasteiger partial charge in [-0.05, 0) is 48.7 Å². The molecule has 3 aromatic rings. The van der Waals surface area contributed by atoms with Crippen LogP contribution in [-0.4, -0.2) is 17.4 Å². The second-order valence-corrected chi connectivity index (χ2v) is 6.40. The standard InChI is InChI=1S/C22H18N4O/c23-15-18-7-1-3-9-19(18)25-21-14-17(11-12-24-21)22(27)26-13-5-8-16-6-2-4-10-20(16)26/h1-4,6-7,9-12,14H,5,8,13H2,(H,24,25). The average molecular weight is 354 g/mol. The summed E-state index contributed by atoms with van der Waals surface area (Å²) >= 11 is 0. The van der Waals surface area contributed by atoms with Crippen molar-refractivity contribution in [3.8, 4) is 6.07 Å². The van der Waals surface area contributed by atoms with Crippen LogP contribution in [0.5, 0.6) is 0 Å². The molecule has 1 aliphatic rings. The number of nitrogens with one attached hydrogen (secondary N) is 1. The van der Waals surface area contributed by atoms with E-state index in [1.54, 1.807) is 24.4 Å². The zero-order chi connectivity index (χ0) is 18.6. The van der Waals surface area contributed by atoms with Crippen molar-refractivity contribution in [3.63, 3.8) is 0 Å². The SMILES string of the molecule is N#Cc1ccccc1Nc1cc(C(=O)N2CCCc3ccccc32)ccn1. The molecule has 1 N–H and O–H groups in total. The number of pyridine rings is 1. The van der Waals surface area contributed by atoms with E-state index in [9.17, 15) is 10.1 Å². The van der Waals surface area contributed by atoms with Crippen molar-refractivity contribution in [2.24, 2.45) is 0 Å². The molecule has 2 heterocycles. The third-order valence-electron chi connectivity index (χ3n) is 4.67. The van der Waals surface area contributed by atoms with E-state index in [4.69, 9.17) is 0 Å². The normalized spacial score (nSPS) is 12.8. The fourth-order valence-corrected chi connectivity index (χ4v) is 3.36. The predicted molar refractivity (Wildman–Crippen MR) is 105 cm³/mol. The highest BCUT2D eigenvalue weighted by Crippen LogP contribution is 2.28. The van der Waals surface area contributed by atoms with Crippen molar-refractivity contribution in [3.05, 3.63) is 83.6 Å². The summed E-state index contributed by atoms with van der Waals surface area (Å²) in [4.78, 5) is 19.2. The Hall–Kier alpha value is -3.65. The van der Waals surface area contributed by atoms with E-state index in [1.165, 1.54) is 5.56 Å². The lowest BCUT2D eigenvalue weighted by molar-refractivity contribution is 0.0985. The number of carbonyl (C=O) groups excluding carboxylic acids is 1. The summed E-state index contributed by atoms with van der Waals surface area (Å²) in [5.41, 5.74) is 3.95. The molecule has 0 saturated carbocycles. The highest BCUT2D eigenvalue weighted by Gasteiger charge is 2.23. The Morgan fingerprint density at radius 1 is 1.11 bits per heavy atom. The number of aryl methyl sites for hydroxylation is 1. The quantitative estimate of drug-likeness (QED) is 0.762. The molecule has 1 amide bonds. The molecule has 27 heavy (non-hydrogen) atoms. The molecule has 5 nitrogen and oxygen atoms in total. The number of rotatable bonds is 3. The lowest BCUT2D eigenvalue weighted by atomic mass is 10.0. The monoisotopic (exact) mass is 354 g/mol. The second-order valence-electron chi connectivity index (χ2n) is 6.40. The van der Waals surface area contributed by atoms with E-state index in [0.717, 1.165) is 18.5 Å². The summed E-state index contributed by atoms with van der Waals surface area (Å²) in [5.74, 6) is 0.495. The van der Waals surface area contributed by atoms with Crippen LogP contribution in [0.25, 0.3) is 0 Å². The number of fused-ring (bicyclic) bond motifs is 1. The van der Waals surface area contributed by atoms with Crippen molar-refractivity contribution in [2.45, 2.75) is 12.8 Å². The molecule has 0 bridgehead atoms. The number of hydrogen-bond donors (Lipinski definition) is 1. The van der Waals surface area contributed by atoms with Gasteiger partial charge in [0.15, 0.2) is 0 Å². The highest BCUT2D eigenvalue weighted by atomic mass is 16.2. The molecule has 0 aliphatic carbocycles. The van der Waals surface area contributed by atoms with Crippen LogP contribution >= 0.6 is 0 Å². The third kappa shape index (κ3) is 3.38. The van der Waals surface area contributed by atoms with Crippen LogP contribution < -0.4 is 10.2 Å². The summed E-state index contributed by atoms with van der Waals surface area (Å²) in [6.07, 6.45) is 3.56. The molecule has 0 spiro atoms. The van der Waals surface area contributed by atoms with Crippen LogP contribution in [-0.2, 0) is 6.42 Å². The van der Waals surface area contributed by atoms with Gasteiger partial charge in [0, 0.05) is 24.0 Å². The minimum atomic E-state index is -0.0406.